The molecule has 1 aromatic rings. The van der Waals surface area contributed by atoms with Crippen molar-refractivity contribution in [2.24, 2.45) is 0 Å². The number of rotatable bonds is 5. The Morgan fingerprint density at radius 1 is 1.20 bits per heavy atom. The zero-order valence-electron chi connectivity index (χ0n) is 15.2. The van der Waals surface area contributed by atoms with Gasteiger partial charge in [-0.15, -0.1) is 6.42 Å². The van der Waals surface area contributed by atoms with Crippen LogP contribution in [0.15, 0.2) is 18.2 Å². The summed E-state index contributed by atoms with van der Waals surface area (Å²) in [5, 5.41) is 2.68. The molecule has 1 fully saturated rings. The third-order valence-corrected chi connectivity index (χ3v) is 4.54. The first kappa shape index (κ1) is 19.0. The van der Waals surface area contributed by atoms with Crippen molar-refractivity contribution in [2.45, 2.75) is 26.7 Å². The maximum Gasteiger partial charge on any atom is 0.234 e. The van der Waals surface area contributed by atoms with E-state index < -0.39 is 0 Å². The van der Waals surface area contributed by atoms with Crippen molar-refractivity contribution < 1.29 is 9.59 Å². The van der Waals surface area contributed by atoms with Crippen LogP contribution in [-0.4, -0.2) is 60.9 Å². The van der Waals surface area contributed by atoms with Crippen molar-refractivity contribution >= 4 is 11.8 Å². The number of nitrogens with one attached hydrogen (secondary N) is 1. The van der Waals surface area contributed by atoms with Crippen molar-refractivity contribution in [3.8, 4) is 12.3 Å². The van der Waals surface area contributed by atoms with Gasteiger partial charge in [0.2, 0.25) is 11.8 Å². The van der Waals surface area contributed by atoms with E-state index in [0.29, 0.717) is 26.1 Å². The number of carbonyl (C=O) groups excluding carboxylic acids is 2. The number of carbonyl (C=O) groups is 2. The SMILES string of the molecule is C#CCNC(=O)CN1CCCN(C(=O)Cc2cc(C)ccc2C)CC1. The Morgan fingerprint density at radius 2 is 2.00 bits per heavy atom. The molecule has 1 aliphatic rings. The first-order valence-corrected chi connectivity index (χ1v) is 8.76. The van der Waals surface area contributed by atoms with E-state index in [4.69, 9.17) is 6.42 Å². The molecule has 5 heteroatoms. The molecular weight excluding hydrogens is 314 g/mol. The third kappa shape index (κ3) is 5.91. The lowest BCUT2D eigenvalue weighted by molar-refractivity contribution is -0.130. The van der Waals surface area contributed by atoms with E-state index in [2.05, 4.69) is 34.3 Å². The molecule has 1 N–H and O–H groups in total. The largest absolute Gasteiger partial charge is 0.344 e. The summed E-state index contributed by atoms with van der Waals surface area (Å²) in [6.45, 7) is 7.61. The molecule has 134 valence electrons. The van der Waals surface area contributed by atoms with Gasteiger partial charge in [0.1, 0.15) is 0 Å². The normalized spacial score (nSPS) is 15.3. The summed E-state index contributed by atoms with van der Waals surface area (Å²) in [4.78, 5) is 28.4. The summed E-state index contributed by atoms with van der Waals surface area (Å²) in [5.41, 5.74) is 3.42. The summed E-state index contributed by atoms with van der Waals surface area (Å²) >= 11 is 0. The number of aryl methyl sites for hydroxylation is 2. The molecule has 0 aromatic heterocycles. The summed E-state index contributed by atoms with van der Waals surface area (Å²) < 4.78 is 0. The van der Waals surface area contributed by atoms with Crippen LogP contribution in [0, 0.1) is 26.2 Å². The van der Waals surface area contributed by atoms with Crippen molar-refractivity contribution in [2.75, 3.05) is 39.3 Å². The van der Waals surface area contributed by atoms with Gasteiger partial charge < -0.3 is 10.2 Å². The molecule has 2 amide bonds. The number of hydrogen-bond donors (Lipinski definition) is 1. The standard InChI is InChI=1S/C20H27N3O2/c1-4-8-21-19(24)15-22-9-5-10-23(12-11-22)20(25)14-18-13-16(2)6-7-17(18)3/h1,6-7,13H,5,8-12,14-15H2,2-3H3,(H,21,24). The average molecular weight is 341 g/mol. The minimum Gasteiger partial charge on any atom is -0.344 e. The first-order chi connectivity index (χ1) is 12.0. The number of nitrogens with zero attached hydrogens (tertiary/aromatic N) is 2. The fraction of sp³-hybridized carbons (Fsp3) is 0.500. The van der Waals surface area contributed by atoms with E-state index in [-0.39, 0.29) is 18.4 Å². The van der Waals surface area contributed by atoms with Crippen molar-refractivity contribution in [3.63, 3.8) is 0 Å². The molecule has 0 unspecified atom stereocenters. The predicted octanol–water partition coefficient (Wildman–Crippen LogP) is 1.13. The second-order valence-corrected chi connectivity index (χ2v) is 6.60. The van der Waals surface area contributed by atoms with Gasteiger partial charge in [-0.05, 0) is 31.4 Å². The molecular formula is C20H27N3O2. The molecule has 0 saturated carbocycles. The predicted molar refractivity (Wildman–Crippen MR) is 99.1 cm³/mol. The van der Waals surface area contributed by atoms with Crippen LogP contribution in [0.3, 0.4) is 0 Å². The summed E-state index contributed by atoms with van der Waals surface area (Å²) in [5.74, 6) is 2.50. The molecule has 25 heavy (non-hydrogen) atoms. The fourth-order valence-corrected chi connectivity index (χ4v) is 3.05. The van der Waals surface area contributed by atoms with Crippen LogP contribution in [0.1, 0.15) is 23.1 Å². The van der Waals surface area contributed by atoms with Crippen LogP contribution in [0.4, 0.5) is 0 Å². The van der Waals surface area contributed by atoms with Gasteiger partial charge in [-0.25, -0.2) is 0 Å². The number of terminal acetylenes is 1. The summed E-state index contributed by atoms with van der Waals surface area (Å²) in [7, 11) is 0. The van der Waals surface area contributed by atoms with Gasteiger partial charge in [0.05, 0.1) is 19.5 Å². The molecule has 0 bridgehead atoms. The van der Waals surface area contributed by atoms with Gasteiger partial charge in [0.15, 0.2) is 0 Å². The Balaban J connectivity index is 1.87. The monoisotopic (exact) mass is 341 g/mol. The molecule has 1 aliphatic heterocycles. The lowest BCUT2D eigenvalue weighted by Gasteiger charge is -2.22. The Labute approximate surface area is 150 Å². The zero-order valence-corrected chi connectivity index (χ0v) is 15.2. The van der Waals surface area contributed by atoms with Gasteiger partial charge in [0.25, 0.3) is 0 Å². The number of amides is 2. The maximum absolute atomic E-state index is 12.7. The smallest absolute Gasteiger partial charge is 0.234 e. The molecule has 1 heterocycles. The number of hydrogen-bond acceptors (Lipinski definition) is 3. The molecule has 0 radical (unpaired) electrons. The fourth-order valence-electron chi connectivity index (χ4n) is 3.05. The van der Waals surface area contributed by atoms with Crippen LogP contribution in [-0.2, 0) is 16.0 Å². The maximum atomic E-state index is 12.7. The Hall–Kier alpha value is -2.32. The van der Waals surface area contributed by atoms with Crippen molar-refractivity contribution in [1.29, 1.82) is 0 Å². The van der Waals surface area contributed by atoms with Crippen molar-refractivity contribution in [3.05, 3.63) is 34.9 Å². The second-order valence-electron chi connectivity index (χ2n) is 6.60. The first-order valence-electron chi connectivity index (χ1n) is 8.76. The third-order valence-electron chi connectivity index (χ3n) is 4.54. The van der Waals surface area contributed by atoms with E-state index in [1.807, 2.05) is 18.7 Å². The second kappa shape index (κ2) is 9.24. The van der Waals surface area contributed by atoms with E-state index >= 15 is 0 Å². The minimum atomic E-state index is -0.0619. The lowest BCUT2D eigenvalue weighted by Crippen LogP contribution is -2.40. The molecule has 0 aliphatic carbocycles. The quantitative estimate of drug-likeness (QED) is 0.817. The van der Waals surface area contributed by atoms with E-state index in [0.717, 1.165) is 30.6 Å². The minimum absolute atomic E-state index is 0.0619. The topological polar surface area (TPSA) is 52.7 Å². The van der Waals surface area contributed by atoms with E-state index in [1.165, 1.54) is 5.56 Å². The Bertz CT molecular complexity index is 663. The van der Waals surface area contributed by atoms with Gasteiger partial charge in [-0.2, -0.15) is 0 Å². The summed E-state index contributed by atoms with van der Waals surface area (Å²) in [6, 6.07) is 6.22. The lowest BCUT2D eigenvalue weighted by atomic mass is 10.0. The van der Waals surface area contributed by atoms with E-state index in [9.17, 15) is 9.59 Å². The van der Waals surface area contributed by atoms with Crippen LogP contribution in [0.5, 0.6) is 0 Å². The number of benzene rings is 1. The molecule has 2 rings (SSSR count). The highest BCUT2D eigenvalue weighted by atomic mass is 16.2. The van der Waals surface area contributed by atoms with E-state index in [1.54, 1.807) is 0 Å². The van der Waals surface area contributed by atoms with Crippen LogP contribution in [0.25, 0.3) is 0 Å². The van der Waals surface area contributed by atoms with Gasteiger partial charge in [0, 0.05) is 26.2 Å². The van der Waals surface area contributed by atoms with Gasteiger partial charge in [-0.3, -0.25) is 14.5 Å². The Kier molecular flexibility index (Phi) is 7.03. The highest BCUT2D eigenvalue weighted by Crippen LogP contribution is 2.13. The molecule has 1 saturated heterocycles. The zero-order chi connectivity index (χ0) is 18.2. The molecule has 0 atom stereocenters. The van der Waals surface area contributed by atoms with Crippen LogP contribution >= 0.6 is 0 Å². The Morgan fingerprint density at radius 3 is 2.76 bits per heavy atom. The molecule has 5 nitrogen and oxygen atoms in total. The van der Waals surface area contributed by atoms with Gasteiger partial charge in [-0.1, -0.05) is 29.7 Å². The van der Waals surface area contributed by atoms with Crippen LogP contribution < -0.4 is 5.32 Å². The molecule has 0 spiro atoms. The highest BCUT2D eigenvalue weighted by Gasteiger charge is 2.20. The molecule has 1 aromatic carbocycles. The van der Waals surface area contributed by atoms with Crippen molar-refractivity contribution in [1.82, 2.24) is 15.1 Å². The van der Waals surface area contributed by atoms with Gasteiger partial charge >= 0.3 is 0 Å². The van der Waals surface area contributed by atoms with Crippen LogP contribution in [0.2, 0.25) is 0 Å². The average Bonchev–Trinajstić information content (AvgIpc) is 2.82. The highest BCUT2D eigenvalue weighted by molar-refractivity contribution is 5.79. The summed E-state index contributed by atoms with van der Waals surface area (Å²) in [6.07, 6.45) is 6.46.